The highest BCUT2D eigenvalue weighted by Gasteiger charge is 2.31. The summed E-state index contributed by atoms with van der Waals surface area (Å²) in [4.78, 5) is 8.16. The Bertz CT molecular complexity index is 471. The highest BCUT2D eigenvalue weighted by molar-refractivity contribution is 5.28. The summed E-state index contributed by atoms with van der Waals surface area (Å²) in [5, 5.41) is 3.32. The Hall–Kier alpha value is -1.17. The van der Waals surface area contributed by atoms with E-state index in [4.69, 9.17) is 0 Å². The van der Waals surface area contributed by atoms with Gasteiger partial charge in [0.05, 0.1) is 0 Å². The van der Waals surface area contributed by atoms with Crippen LogP contribution in [0, 0.1) is 12.8 Å². The molecular weight excluding hydrogens is 267 g/mol. The van der Waals surface area contributed by atoms with Crippen molar-refractivity contribution >= 4 is 0 Å². The van der Waals surface area contributed by atoms with Crippen molar-refractivity contribution in [1.29, 1.82) is 0 Å². The van der Waals surface area contributed by atoms with Crippen molar-refractivity contribution < 1.29 is 13.2 Å². The van der Waals surface area contributed by atoms with Crippen LogP contribution in [-0.2, 0) is 19.3 Å². The van der Waals surface area contributed by atoms with Crippen LogP contribution in [0.5, 0.6) is 0 Å². The van der Waals surface area contributed by atoms with Crippen molar-refractivity contribution in [3.8, 4) is 0 Å². The lowest BCUT2D eigenvalue weighted by Gasteiger charge is -2.25. The summed E-state index contributed by atoms with van der Waals surface area (Å²) in [6.07, 6.45) is -2.70. The molecule has 0 aliphatic heterocycles. The predicted molar refractivity (Wildman–Crippen MR) is 70.6 cm³/mol. The first-order valence-electron chi connectivity index (χ1n) is 7.01. The third-order valence-corrected chi connectivity index (χ3v) is 3.67. The first kappa shape index (κ1) is 15.2. The molecule has 6 heteroatoms. The van der Waals surface area contributed by atoms with E-state index in [0.29, 0.717) is 11.6 Å². The van der Waals surface area contributed by atoms with Gasteiger partial charge < -0.3 is 5.32 Å². The van der Waals surface area contributed by atoms with Gasteiger partial charge >= 0.3 is 6.18 Å². The summed E-state index contributed by atoms with van der Waals surface area (Å²) in [5.41, 5.74) is 2.56. The molecule has 0 aromatic carbocycles. The summed E-state index contributed by atoms with van der Waals surface area (Å²) < 4.78 is 37.3. The Morgan fingerprint density at radius 1 is 1.30 bits per heavy atom. The molecule has 1 N–H and O–H groups in total. The summed E-state index contributed by atoms with van der Waals surface area (Å²) in [5.74, 6) is 0.428. The Labute approximate surface area is 117 Å². The van der Waals surface area contributed by atoms with Crippen molar-refractivity contribution in [3.05, 3.63) is 22.8 Å². The predicted octanol–water partition coefficient (Wildman–Crippen LogP) is 2.60. The highest BCUT2D eigenvalue weighted by atomic mass is 19.4. The number of nitrogens with one attached hydrogen (secondary N) is 1. The molecule has 0 fully saturated rings. The standard InChI is InChI=1S/C14H20F3N3/c1-3-18-8-10-4-5-12-11(6-10)9(2)19-13(20-12)7-14(15,16)17/h10,18H,3-8H2,1-2H3. The largest absolute Gasteiger partial charge is 0.396 e. The molecule has 0 saturated heterocycles. The molecule has 1 aliphatic carbocycles. The number of rotatable bonds is 4. The maximum Gasteiger partial charge on any atom is 0.396 e. The molecule has 0 spiro atoms. The fourth-order valence-electron chi connectivity index (χ4n) is 2.70. The van der Waals surface area contributed by atoms with Crippen molar-refractivity contribution in [3.63, 3.8) is 0 Å². The quantitative estimate of drug-likeness (QED) is 0.925. The van der Waals surface area contributed by atoms with Gasteiger partial charge in [-0.15, -0.1) is 0 Å². The summed E-state index contributed by atoms with van der Waals surface area (Å²) in [6.45, 7) is 5.73. The van der Waals surface area contributed by atoms with Crippen molar-refractivity contribution in [2.45, 2.75) is 45.7 Å². The second kappa shape index (κ2) is 6.08. The van der Waals surface area contributed by atoms with Crippen LogP contribution in [0.4, 0.5) is 13.2 Å². The molecule has 0 bridgehead atoms. The van der Waals surface area contributed by atoms with Gasteiger partial charge in [-0.2, -0.15) is 13.2 Å². The third kappa shape index (κ3) is 3.91. The van der Waals surface area contributed by atoms with Gasteiger partial charge in [0.1, 0.15) is 12.2 Å². The van der Waals surface area contributed by atoms with Crippen LogP contribution in [-0.4, -0.2) is 29.2 Å². The van der Waals surface area contributed by atoms with Crippen LogP contribution < -0.4 is 5.32 Å². The maximum absolute atomic E-state index is 12.4. The molecule has 0 radical (unpaired) electrons. The Balaban J connectivity index is 2.15. The van der Waals surface area contributed by atoms with Crippen LogP contribution in [0.25, 0.3) is 0 Å². The van der Waals surface area contributed by atoms with Gasteiger partial charge in [-0.25, -0.2) is 9.97 Å². The van der Waals surface area contributed by atoms with Gasteiger partial charge in [-0.3, -0.25) is 0 Å². The number of halogens is 3. The van der Waals surface area contributed by atoms with Crippen molar-refractivity contribution in [2.75, 3.05) is 13.1 Å². The lowest BCUT2D eigenvalue weighted by Crippen LogP contribution is -2.28. The molecule has 112 valence electrons. The summed E-state index contributed by atoms with van der Waals surface area (Å²) in [6, 6.07) is 0. The van der Waals surface area contributed by atoms with E-state index in [2.05, 4.69) is 22.2 Å². The van der Waals surface area contributed by atoms with Crippen molar-refractivity contribution in [2.24, 2.45) is 5.92 Å². The van der Waals surface area contributed by atoms with E-state index in [1.165, 1.54) is 0 Å². The Morgan fingerprint density at radius 2 is 2.05 bits per heavy atom. The molecule has 3 nitrogen and oxygen atoms in total. The first-order valence-corrected chi connectivity index (χ1v) is 7.01. The Morgan fingerprint density at radius 3 is 2.70 bits per heavy atom. The zero-order valence-corrected chi connectivity index (χ0v) is 11.8. The second-order valence-corrected chi connectivity index (χ2v) is 5.36. The third-order valence-electron chi connectivity index (χ3n) is 3.67. The monoisotopic (exact) mass is 287 g/mol. The normalized spacial score (nSPS) is 18.9. The van der Waals surface area contributed by atoms with Crippen molar-refractivity contribution in [1.82, 2.24) is 15.3 Å². The first-order chi connectivity index (χ1) is 9.39. The molecular formula is C14H20F3N3. The van der Waals surface area contributed by atoms with Gasteiger partial charge in [0.15, 0.2) is 0 Å². The van der Waals surface area contributed by atoms with Crippen LogP contribution in [0.2, 0.25) is 0 Å². The van der Waals surface area contributed by atoms with E-state index < -0.39 is 12.6 Å². The SMILES string of the molecule is CCNCC1CCc2nc(CC(F)(F)F)nc(C)c2C1. The molecule has 1 unspecified atom stereocenters. The molecule has 1 aromatic heterocycles. The van der Waals surface area contributed by atoms with Crippen LogP contribution >= 0.6 is 0 Å². The van der Waals surface area contributed by atoms with Gasteiger partial charge in [-0.05, 0) is 50.8 Å². The van der Waals surface area contributed by atoms with E-state index in [1.807, 2.05) is 0 Å². The van der Waals surface area contributed by atoms with E-state index in [9.17, 15) is 13.2 Å². The van der Waals surface area contributed by atoms with Crippen LogP contribution in [0.3, 0.4) is 0 Å². The number of fused-ring (bicyclic) bond motifs is 1. The second-order valence-electron chi connectivity index (χ2n) is 5.36. The minimum Gasteiger partial charge on any atom is -0.317 e. The van der Waals surface area contributed by atoms with E-state index in [1.54, 1.807) is 6.92 Å². The smallest absolute Gasteiger partial charge is 0.317 e. The minimum absolute atomic E-state index is 0.0983. The van der Waals surface area contributed by atoms with Gasteiger partial charge in [0, 0.05) is 11.4 Å². The van der Waals surface area contributed by atoms with Gasteiger partial charge in [0.2, 0.25) is 0 Å². The lowest BCUT2D eigenvalue weighted by atomic mass is 9.85. The lowest BCUT2D eigenvalue weighted by molar-refractivity contribution is -0.128. The topological polar surface area (TPSA) is 37.8 Å². The summed E-state index contributed by atoms with van der Waals surface area (Å²) in [7, 11) is 0. The highest BCUT2D eigenvalue weighted by Crippen LogP contribution is 2.27. The zero-order valence-electron chi connectivity index (χ0n) is 11.8. The molecule has 0 saturated carbocycles. The van der Waals surface area contributed by atoms with Gasteiger partial charge in [0.25, 0.3) is 0 Å². The molecule has 1 aliphatic rings. The maximum atomic E-state index is 12.4. The zero-order chi connectivity index (χ0) is 14.8. The molecule has 1 aromatic rings. The number of alkyl halides is 3. The number of aryl methyl sites for hydroxylation is 2. The minimum atomic E-state index is -4.25. The fourth-order valence-corrected chi connectivity index (χ4v) is 2.70. The molecule has 2 rings (SSSR count). The number of hydrogen-bond donors (Lipinski definition) is 1. The van der Waals surface area contributed by atoms with Crippen LogP contribution in [0.1, 0.15) is 36.1 Å². The molecule has 1 heterocycles. The average molecular weight is 287 g/mol. The fraction of sp³-hybridized carbons (Fsp3) is 0.714. The number of hydrogen-bond acceptors (Lipinski definition) is 3. The molecule has 1 atom stereocenters. The van der Waals surface area contributed by atoms with E-state index in [-0.39, 0.29) is 5.82 Å². The number of nitrogens with zero attached hydrogens (tertiary/aromatic N) is 2. The van der Waals surface area contributed by atoms with E-state index >= 15 is 0 Å². The van der Waals surface area contributed by atoms with Crippen LogP contribution in [0.15, 0.2) is 0 Å². The summed E-state index contributed by atoms with van der Waals surface area (Å²) >= 11 is 0. The molecule has 0 amide bonds. The average Bonchev–Trinajstić information content (AvgIpc) is 2.34. The van der Waals surface area contributed by atoms with Gasteiger partial charge in [-0.1, -0.05) is 6.92 Å². The van der Waals surface area contributed by atoms with E-state index in [0.717, 1.165) is 43.6 Å². The Kier molecular flexibility index (Phi) is 4.62. The molecule has 20 heavy (non-hydrogen) atoms. The number of aromatic nitrogens is 2.